The van der Waals surface area contributed by atoms with Crippen LogP contribution in [0.25, 0.3) is 0 Å². The standard InChI is InChI=1S/C34H34IN3O6/c1-4-41-30-19-26(13-16-29(30)43-21-24-9-7-6-8-10-24)34(40)38-36-20-25-17-28(35)33(31(18-25)42-5-2)44-22-32(39)37-27-14-11-23(3)12-15-27/h6-20H,4-5,21-22H2,1-3H3,(H,37,39)(H,38,40)/b36-20+. The zero-order valence-electron chi connectivity index (χ0n) is 24.8. The highest BCUT2D eigenvalue weighted by Crippen LogP contribution is 2.34. The Labute approximate surface area is 270 Å². The highest BCUT2D eigenvalue weighted by molar-refractivity contribution is 14.1. The van der Waals surface area contributed by atoms with Gasteiger partial charge in [0.15, 0.2) is 29.6 Å². The first kappa shape index (κ1) is 32.3. The molecule has 0 saturated heterocycles. The van der Waals surface area contributed by atoms with Crippen molar-refractivity contribution in [3.05, 3.63) is 111 Å². The number of ether oxygens (including phenoxy) is 4. The predicted molar refractivity (Wildman–Crippen MR) is 179 cm³/mol. The molecule has 0 aliphatic heterocycles. The lowest BCUT2D eigenvalue weighted by Crippen LogP contribution is -2.20. The summed E-state index contributed by atoms with van der Waals surface area (Å²) in [5.74, 6) is 1.23. The van der Waals surface area contributed by atoms with Gasteiger partial charge in [-0.1, -0.05) is 48.0 Å². The van der Waals surface area contributed by atoms with Crippen LogP contribution in [-0.4, -0.2) is 37.8 Å². The van der Waals surface area contributed by atoms with E-state index in [9.17, 15) is 9.59 Å². The van der Waals surface area contributed by atoms with Gasteiger partial charge in [0.1, 0.15) is 6.61 Å². The number of aryl methyl sites for hydroxylation is 1. The van der Waals surface area contributed by atoms with Gasteiger partial charge in [0.2, 0.25) is 0 Å². The number of carbonyl (C=O) groups excluding carboxylic acids is 2. The van der Waals surface area contributed by atoms with Crippen LogP contribution in [0.5, 0.6) is 23.0 Å². The first-order valence-electron chi connectivity index (χ1n) is 14.1. The monoisotopic (exact) mass is 707 g/mol. The first-order valence-corrected chi connectivity index (χ1v) is 15.2. The van der Waals surface area contributed by atoms with Gasteiger partial charge in [0, 0.05) is 11.3 Å². The predicted octanol–water partition coefficient (Wildman–Crippen LogP) is 6.76. The van der Waals surface area contributed by atoms with Crippen molar-refractivity contribution in [2.75, 3.05) is 25.1 Å². The summed E-state index contributed by atoms with van der Waals surface area (Å²) in [5.41, 5.74) is 6.42. The summed E-state index contributed by atoms with van der Waals surface area (Å²) in [7, 11) is 0. The van der Waals surface area contributed by atoms with Crippen LogP contribution in [0.3, 0.4) is 0 Å². The molecule has 228 valence electrons. The third-order valence-corrected chi connectivity index (χ3v) is 6.94. The average Bonchev–Trinajstić information content (AvgIpc) is 3.02. The van der Waals surface area contributed by atoms with Gasteiger partial charge >= 0.3 is 0 Å². The van der Waals surface area contributed by atoms with Crippen LogP contribution < -0.4 is 29.7 Å². The third-order valence-electron chi connectivity index (χ3n) is 6.14. The molecule has 0 atom stereocenters. The first-order chi connectivity index (χ1) is 21.4. The minimum absolute atomic E-state index is 0.187. The molecule has 0 radical (unpaired) electrons. The SMILES string of the molecule is CCOc1cc(C(=O)N/N=C/c2cc(I)c(OCC(=O)Nc3ccc(C)cc3)c(OCC)c2)ccc1OCc1ccccc1. The number of rotatable bonds is 14. The van der Waals surface area contributed by atoms with Gasteiger partial charge in [-0.05, 0) is 97.0 Å². The normalized spacial score (nSPS) is 10.7. The van der Waals surface area contributed by atoms with Gasteiger partial charge in [0.25, 0.3) is 11.8 Å². The lowest BCUT2D eigenvalue weighted by molar-refractivity contribution is -0.118. The van der Waals surface area contributed by atoms with Crippen molar-refractivity contribution in [1.82, 2.24) is 5.43 Å². The lowest BCUT2D eigenvalue weighted by atomic mass is 10.2. The fourth-order valence-electron chi connectivity index (χ4n) is 4.04. The quantitative estimate of drug-likeness (QED) is 0.0853. The van der Waals surface area contributed by atoms with Crippen molar-refractivity contribution in [3.8, 4) is 23.0 Å². The maximum atomic E-state index is 12.9. The fourth-order valence-corrected chi connectivity index (χ4v) is 4.82. The van der Waals surface area contributed by atoms with E-state index in [0.29, 0.717) is 59.6 Å². The van der Waals surface area contributed by atoms with Crippen LogP contribution in [0.1, 0.15) is 40.9 Å². The lowest BCUT2D eigenvalue weighted by Gasteiger charge is -2.15. The molecule has 9 nitrogen and oxygen atoms in total. The summed E-state index contributed by atoms with van der Waals surface area (Å²) < 4.78 is 24.0. The van der Waals surface area contributed by atoms with Crippen LogP contribution in [0.15, 0.2) is 90.0 Å². The Kier molecular flexibility index (Phi) is 12.0. The minimum atomic E-state index is -0.406. The zero-order valence-corrected chi connectivity index (χ0v) is 26.9. The van der Waals surface area contributed by atoms with Crippen molar-refractivity contribution in [2.45, 2.75) is 27.4 Å². The topological polar surface area (TPSA) is 107 Å². The molecule has 2 N–H and O–H groups in total. The van der Waals surface area contributed by atoms with E-state index < -0.39 is 5.91 Å². The highest BCUT2D eigenvalue weighted by atomic mass is 127. The number of halogens is 1. The third kappa shape index (κ3) is 9.46. The van der Waals surface area contributed by atoms with Gasteiger partial charge in [-0.2, -0.15) is 5.10 Å². The van der Waals surface area contributed by atoms with E-state index in [2.05, 4.69) is 38.4 Å². The summed E-state index contributed by atoms with van der Waals surface area (Å²) in [4.78, 5) is 25.3. The second-order valence-corrected chi connectivity index (χ2v) is 10.7. The molecule has 0 fully saturated rings. The maximum Gasteiger partial charge on any atom is 0.271 e. The Bertz CT molecular complexity index is 1590. The fraction of sp³-hybridized carbons (Fsp3) is 0.206. The molecule has 0 heterocycles. The average molecular weight is 708 g/mol. The Morgan fingerprint density at radius 3 is 2.27 bits per heavy atom. The van der Waals surface area contributed by atoms with Gasteiger partial charge in [-0.15, -0.1) is 0 Å². The largest absolute Gasteiger partial charge is 0.490 e. The molecule has 2 amide bonds. The number of carbonyl (C=O) groups is 2. The second kappa shape index (κ2) is 16.3. The molecule has 0 aromatic heterocycles. The molecule has 0 bridgehead atoms. The molecule has 44 heavy (non-hydrogen) atoms. The summed E-state index contributed by atoms with van der Waals surface area (Å²) in [6, 6.07) is 25.9. The van der Waals surface area contributed by atoms with E-state index in [1.807, 2.05) is 81.4 Å². The van der Waals surface area contributed by atoms with Crippen molar-refractivity contribution in [1.29, 1.82) is 0 Å². The Morgan fingerprint density at radius 2 is 1.55 bits per heavy atom. The van der Waals surface area contributed by atoms with E-state index in [1.54, 1.807) is 24.3 Å². The summed E-state index contributed by atoms with van der Waals surface area (Å²) in [5, 5.41) is 6.95. The number of amides is 2. The number of nitrogens with one attached hydrogen (secondary N) is 2. The molecule has 0 unspecified atom stereocenters. The van der Waals surface area contributed by atoms with Crippen molar-refractivity contribution in [2.24, 2.45) is 5.10 Å². The second-order valence-electron chi connectivity index (χ2n) is 9.53. The Morgan fingerprint density at radius 1 is 0.818 bits per heavy atom. The van der Waals surface area contributed by atoms with Crippen LogP contribution in [0, 0.1) is 10.5 Å². The molecule has 0 saturated carbocycles. The van der Waals surface area contributed by atoms with E-state index in [-0.39, 0.29) is 12.5 Å². The van der Waals surface area contributed by atoms with Crippen LogP contribution in [-0.2, 0) is 11.4 Å². The number of nitrogens with zero attached hydrogens (tertiary/aromatic N) is 1. The van der Waals surface area contributed by atoms with Crippen LogP contribution in [0.4, 0.5) is 5.69 Å². The Hall–Kier alpha value is -4.58. The molecule has 0 spiro atoms. The molecule has 0 aliphatic carbocycles. The van der Waals surface area contributed by atoms with E-state index in [1.165, 1.54) is 6.21 Å². The molecule has 4 rings (SSSR count). The number of hydrogen-bond donors (Lipinski definition) is 2. The Balaban J connectivity index is 1.38. The molecule has 4 aromatic carbocycles. The van der Waals surface area contributed by atoms with Gasteiger partial charge in [0.05, 0.1) is 23.0 Å². The molecular formula is C34H34IN3O6. The van der Waals surface area contributed by atoms with Crippen molar-refractivity contribution >= 4 is 46.3 Å². The van der Waals surface area contributed by atoms with Gasteiger partial charge in [-0.25, -0.2) is 5.43 Å². The van der Waals surface area contributed by atoms with Crippen LogP contribution in [0.2, 0.25) is 0 Å². The van der Waals surface area contributed by atoms with E-state index in [0.717, 1.165) is 14.7 Å². The number of benzene rings is 4. The highest BCUT2D eigenvalue weighted by Gasteiger charge is 2.15. The van der Waals surface area contributed by atoms with Crippen molar-refractivity contribution in [3.63, 3.8) is 0 Å². The zero-order chi connectivity index (χ0) is 31.3. The number of anilines is 1. The van der Waals surface area contributed by atoms with E-state index >= 15 is 0 Å². The molecule has 10 heteroatoms. The van der Waals surface area contributed by atoms with E-state index in [4.69, 9.17) is 18.9 Å². The molecule has 0 aliphatic rings. The molecule has 4 aromatic rings. The summed E-state index contributed by atoms with van der Waals surface area (Å²) >= 11 is 2.11. The number of hydrogen-bond acceptors (Lipinski definition) is 7. The summed E-state index contributed by atoms with van der Waals surface area (Å²) in [6.07, 6.45) is 1.51. The molecular weight excluding hydrogens is 673 g/mol. The minimum Gasteiger partial charge on any atom is -0.490 e. The van der Waals surface area contributed by atoms with Crippen LogP contribution >= 0.6 is 22.6 Å². The van der Waals surface area contributed by atoms with Crippen molar-refractivity contribution < 1.29 is 28.5 Å². The van der Waals surface area contributed by atoms with Gasteiger partial charge < -0.3 is 24.3 Å². The van der Waals surface area contributed by atoms with Gasteiger partial charge in [-0.3, -0.25) is 9.59 Å². The summed E-state index contributed by atoms with van der Waals surface area (Å²) in [6.45, 7) is 6.71. The number of hydrazone groups is 1. The smallest absolute Gasteiger partial charge is 0.271 e. The maximum absolute atomic E-state index is 12.9.